The third kappa shape index (κ3) is 3.85. The second-order valence-electron chi connectivity index (χ2n) is 7.12. The number of aromatic amines is 1. The Bertz CT molecular complexity index is 1070. The molecule has 0 bridgehead atoms. The molecule has 3 N–H and O–H groups in total. The van der Waals surface area contributed by atoms with Gasteiger partial charge in [-0.1, -0.05) is 18.2 Å². The van der Waals surface area contributed by atoms with Gasteiger partial charge in [-0.3, -0.25) is 9.59 Å². The number of carboxylic acids is 1. The van der Waals surface area contributed by atoms with E-state index in [4.69, 9.17) is 0 Å². The van der Waals surface area contributed by atoms with Gasteiger partial charge in [0, 0.05) is 47.7 Å². The van der Waals surface area contributed by atoms with Gasteiger partial charge in [-0.05, 0) is 42.3 Å². The lowest BCUT2D eigenvalue weighted by Crippen LogP contribution is -2.42. The molecule has 1 fully saturated rings. The molecule has 2 aromatic carbocycles. The van der Waals surface area contributed by atoms with Crippen LogP contribution in [0.3, 0.4) is 0 Å². The second kappa shape index (κ2) is 7.79. The Hall–Kier alpha value is -3.61. The van der Waals surface area contributed by atoms with Crippen molar-refractivity contribution >= 4 is 34.4 Å². The summed E-state index contributed by atoms with van der Waals surface area (Å²) in [5.41, 5.74) is 2.85. The average Bonchev–Trinajstić information content (AvgIpc) is 3.34. The van der Waals surface area contributed by atoms with Crippen LogP contribution in [0.4, 0.5) is 5.69 Å². The summed E-state index contributed by atoms with van der Waals surface area (Å²) in [4.78, 5) is 41.0. The molecule has 1 aromatic heterocycles. The Morgan fingerprint density at radius 3 is 2.59 bits per heavy atom. The summed E-state index contributed by atoms with van der Waals surface area (Å²) in [5.74, 6) is -1.48. The zero-order valence-corrected chi connectivity index (χ0v) is 15.7. The minimum absolute atomic E-state index is 0.0758. The predicted octanol–water partition coefficient (Wildman–Crippen LogP) is 2.72. The van der Waals surface area contributed by atoms with Gasteiger partial charge in [0.2, 0.25) is 5.91 Å². The third-order valence-corrected chi connectivity index (χ3v) is 5.22. The van der Waals surface area contributed by atoms with Crippen molar-refractivity contribution in [3.05, 3.63) is 65.9 Å². The summed E-state index contributed by atoms with van der Waals surface area (Å²) in [6.45, 7) is 0.677. The van der Waals surface area contributed by atoms with Crippen LogP contribution in [-0.4, -0.2) is 40.5 Å². The van der Waals surface area contributed by atoms with E-state index in [9.17, 15) is 19.5 Å². The van der Waals surface area contributed by atoms with Crippen molar-refractivity contribution in [2.24, 2.45) is 0 Å². The average molecular weight is 391 g/mol. The first kappa shape index (κ1) is 18.7. The van der Waals surface area contributed by atoms with E-state index in [1.807, 2.05) is 24.3 Å². The van der Waals surface area contributed by atoms with Gasteiger partial charge in [0.05, 0.1) is 0 Å². The number of carbonyl (C=O) groups excluding carboxylic acids is 2. The molecule has 0 saturated carbocycles. The monoisotopic (exact) mass is 391 g/mol. The highest BCUT2D eigenvalue weighted by atomic mass is 16.4. The van der Waals surface area contributed by atoms with Crippen molar-refractivity contribution in [3.8, 4) is 0 Å². The quantitative estimate of drug-likeness (QED) is 0.601. The Labute approximate surface area is 167 Å². The van der Waals surface area contributed by atoms with E-state index in [2.05, 4.69) is 10.3 Å². The molecule has 148 valence electrons. The summed E-state index contributed by atoms with van der Waals surface area (Å²) in [7, 11) is 0. The van der Waals surface area contributed by atoms with Gasteiger partial charge >= 0.3 is 5.97 Å². The summed E-state index contributed by atoms with van der Waals surface area (Å²) in [6.07, 6.45) is 3.31. The minimum atomic E-state index is -1.09. The van der Waals surface area contributed by atoms with Gasteiger partial charge in [-0.2, -0.15) is 0 Å². The van der Waals surface area contributed by atoms with Crippen molar-refractivity contribution in [1.82, 2.24) is 10.3 Å². The van der Waals surface area contributed by atoms with Crippen LogP contribution >= 0.6 is 0 Å². The fourth-order valence-electron chi connectivity index (χ4n) is 3.68. The maximum Gasteiger partial charge on any atom is 0.326 e. The number of aliphatic carboxylic acids is 1. The predicted molar refractivity (Wildman–Crippen MR) is 109 cm³/mol. The molecule has 1 aliphatic rings. The van der Waals surface area contributed by atoms with Crippen LogP contribution < -0.4 is 10.2 Å². The zero-order chi connectivity index (χ0) is 20.4. The van der Waals surface area contributed by atoms with Gasteiger partial charge in [0.25, 0.3) is 5.91 Å². The molecule has 1 aliphatic heterocycles. The fourth-order valence-corrected chi connectivity index (χ4v) is 3.68. The van der Waals surface area contributed by atoms with Crippen LogP contribution in [0.1, 0.15) is 28.8 Å². The molecule has 0 radical (unpaired) electrons. The van der Waals surface area contributed by atoms with Crippen LogP contribution in [0.2, 0.25) is 0 Å². The molecule has 7 heteroatoms. The molecule has 4 rings (SSSR count). The number of H-pyrrole nitrogens is 1. The van der Waals surface area contributed by atoms with Crippen molar-refractivity contribution in [2.45, 2.75) is 25.3 Å². The molecule has 1 saturated heterocycles. The molecule has 3 aromatic rings. The van der Waals surface area contributed by atoms with Crippen molar-refractivity contribution in [3.63, 3.8) is 0 Å². The highest BCUT2D eigenvalue weighted by Gasteiger charge is 2.24. The number of nitrogens with one attached hydrogen (secondary N) is 2. The topological polar surface area (TPSA) is 102 Å². The molecular formula is C22H21N3O4. The Morgan fingerprint density at radius 1 is 1.14 bits per heavy atom. The van der Waals surface area contributed by atoms with Gasteiger partial charge in [-0.15, -0.1) is 0 Å². The number of para-hydroxylation sites is 1. The molecule has 2 amide bonds. The molecule has 0 aliphatic carbocycles. The van der Waals surface area contributed by atoms with Gasteiger partial charge in [0.15, 0.2) is 0 Å². The lowest BCUT2D eigenvalue weighted by Gasteiger charge is -2.17. The first-order valence-electron chi connectivity index (χ1n) is 9.52. The standard InChI is InChI=1S/C22H21N3O4/c26-20-6-3-11-25(20)16-9-7-14(8-10-16)21(27)24-19(22(28)29)12-15-13-23-18-5-2-1-4-17(15)18/h1-2,4-5,7-10,13,19,23H,3,6,11-12H2,(H,24,27)(H,28,29)/t19-/m1/s1. The second-order valence-corrected chi connectivity index (χ2v) is 7.12. The Balaban J connectivity index is 1.47. The van der Waals surface area contributed by atoms with E-state index < -0.39 is 17.9 Å². The van der Waals surface area contributed by atoms with E-state index >= 15 is 0 Å². The van der Waals surface area contributed by atoms with Gasteiger partial charge < -0.3 is 20.3 Å². The van der Waals surface area contributed by atoms with Crippen LogP contribution in [-0.2, 0) is 16.0 Å². The smallest absolute Gasteiger partial charge is 0.326 e. The summed E-state index contributed by atoms with van der Waals surface area (Å²) in [6, 6.07) is 13.2. The normalized spacial score (nSPS) is 14.9. The van der Waals surface area contributed by atoms with Gasteiger partial charge in [-0.25, -0.2) is 4.79 Å². The number of amides is 2. The summed E-state index contributed by atoms with van der Waals surface area (Å²) in [5, 5.41) is 13.1. The van der Waals surface area contributed by atoms with Crippen molar-refractivity contribution < 1.29 is 19.5 Å². The molecular weight excluding hydrogens is 370 g/mol. The number of nitrogens with zero attached hydrogens (tertiary/aromatic N) is 1. The SMILES string of the molecule is O=C(N[C@H](Cc1c[nH]c2ccccc12)C(=O)O)c1ccc(N2CCCC2=O)cc1. The number of aromatic nitrogens is 1. The minimum Gasteiger partial charge on any atom is -0.480 e. The maximum atomic E-state index is 12.6. The molecule has 1 atom stereocenters. The number of benzene rings is 2. The number of hydrogen-bond acceptors (Lipinski definition) is 3. The largest absolute Gasteiger partial charge is 0.480 e. The summed E-state index contributed by atoms with van der Waals surface area (Å²) >= 11 is 0. The molecule has 29 heavy (non-hydrogen) atoms. The van der Waals surface area contributed by atoms with E-state index in [0.29, 0.717) is 18.5 Å². The van der Waals surface area contributed by atoms with Crippen molar-refractivity contribution in [1.29, 1.82) is 0 Å². The van der Waals surface area contributed by atoms with Gasteiger partial charge in [0.1, 0.15) is 6.04 Å². The highest BCUT2D eigenvalue weighted by Crippen LogP contribution is 2.22. The number of carbonyl (C=O) groups is 3. The van der Waals surface area contributed by atoms with Crippen LogP contribution in [0, 0.1) is 0 Å². The van der Waals surface area contributed by atoms with Crippen molar-refractivity contribution in [2.75, 3.05) is 11.4 Å². The first-order chi connectivity index (χ1) is 14.0. The zero-order valence-electron chi connectivity index (χ0n) is 15.7. The number of hydrogen-bond donors (Lipinski definition) is 3. The highest BCUT2D eigenvalue weighted by molar-refractivity contribution is 5.99. The first-order valence-corrected chi connectivity index (χ1v) is 9.52. The van der Waals surface area contributed by atoms with Crippen LogP contribution in [0.5, 0.6) is 0 Å². The van der Waals surface area contributed by atoms with E-state index in [1.165, 1.54) is 0 Å². The molecule has 7 nitrogen and oxygen atoms in total. The fraction of sp³-hybridized carbons (Fsp3) is 0.227. The number of rotatable bonds is 6. The van der Waals surface area contributed by atoms with E-state index in [0.717, 1.165) is 28.6 Å². The number of carboxylic acid groups (broad SMARTS) is 1. The van der Waals surface area contributed by atoms with Crippen LogP contribution in [0.15, 0.2) is 54.7 Å². The number of anilines is 1. The Morgan fingerprint density at radius 2 is 1.90 bits per heavy atom. The third-order valence-electron chi connectivity index (χ3n) is 5.22. The van der Waals surface area contributed by atoms with E-state index in [1.54, 1.807) is 35.4 Å². The lowest BCUT2D eigenvalue weighted by atomic mass is 10.0. The molecule has 0 spiro atoms. The molecule has 0 unspecified atom stereocenters. The van der Waals surface area contributed by atoms with E-state index in [-0.39, 0.29) is 12.3 Å². The maximum absolute atomic E-state index is 12.6. The summed E-state index contributed by atoms with van der Waals surface area (Å²) < 4.78 is 0. The Kier molecular flexibility index (Phi) is 5.03. The number of fused-ring (bicyclic) bond motifs is 1. The lowest BCUT2D eigenvalue weighted by molar-refractivity contribution is -0.139. The van der Waals surface area contributed by atoms with Crippen LogP contribution in [0.25, 0.3) is 10.9 Å². The molecule has 2 heterocycles.